The first-order valence-corrected chi connectivity index (χ1v) is 6.88. The minimum atomic E-state index is -0.457. The first-order valence-electron chi connectivity index (χ1n) is 6.88. The molecule has 0 saturated heterocycles. The Morgan fingerprint density at radius 3 is 2.64 bits per heavy atom. The number of carbonyl (C=O) groups is 1. The third-order valence-corrected chi connectivity index (χ3v) is 3.65. The molecule has 0 spiro atoms. The maximum Gasteiger partial charge on any atom is 0.332 e. The van der Waals surface area contributed by atoms with E-state index in [9.17, 15) is 14.4 Å². The summed E-state index contributed by atoms with van der Waals surface area (Å²) >= 11 is 0. The third kappa shape index (κ3) is 2.67. The van der Waals surface area contributed by atoms with E-state index in [-0.39, 0.29) is 23.6 Å². The van der Waals surface area contributed by atoms with Crippen LogP contribution < -0.4 is 16.6 Å². The number of nitrogens with zero attached hydrogens (tertiary/aromatic N) is 5. The highest BCUT2D eigenvalue weighted by Gasteiger charge is 2.17. The molecule has 0 radical (unpaired) electrons. The molecule has 1 amide bonds. The standard InChI is InChI=1S/C13H20N6O3/c1-14-5-6-16(2)9(20)7-19-8-15-11-10(19)12(21)18(4)13(22)17(11)3/h8,14H,5-7H2,1-4H3. The number of aromatic nitrogens is 4. The zero-order valence-electron chi connectivity index (χ0n) is 13.2. The molecule has 2 aromatic rings. The van der Waals surface area contributed by atoms with Gasteiger partial charge in [-0.25, -0.2) is 9.78 Å². The number of hydrogen-bond donors (Lipinski definition) is 1. The van der Waals surface area contributed by atoms with E-state index >= 15 is 0 Å². The minimum absolute atomic E-state index is 0.00413. The summed E-state index contributed by atoms with van der Waals surface area (Å²) in [4.78, 5) is 42.0. The number of aryl methyl sites for hydroxylation is 1. The molecule has 0 atom stereocenters. The predicted octanol–water partition coefficient (Wildman–Crippen LogP) is -1.89. The van der Waals surface area contributed by atoms with E-state index in [0.717, 1.165) is 4.57 Å². The molecule has 1 N–H and O–H groups in total. The Kier molecular flexibility index (Phi) is 4.45. The zero-order chi connectivity index (χ0) is 16.4. The number of fused-ring (bicyclic) bond motifs is 1. The van der Waals surface area contributed by atoms with Gasteiger partial charge in [-0.05, 0) is 7.05 Å². The van der Waals surface area contributed by atoms with E-state index in [0.29, 0.717) is 13.1 Å². The van der Waals surface area contributed by atoms with Crippen LogP contribution in [0.5, 0.6) is 0 Å². The maximum atomic E-state index is 12.3. The van der Waals surface area contributed by atoms with Crippen LogP contribution in [0.2, 0.25) is 0 Å². The van der Waals surface area contributed by atoms with Crippen LogP contribution in [0.15, 0.2) is 15.9 Å². The quantitative estimate of drug-likeness (QED) is 0.697. The molecule has 9 heteroatoms. The van der Waals surface area contributed by atoms with E-state index in [1.54, 1.807) is 19.0 Å². The van der Waals surface area contributed by atoms with Crippen molar-refractivity contribution in [3.05, 3.63) is 27.2 Å². The lowest BCUT2D eigenvalue weighted by Gasteiger charge is -2.17. The molecule has 0 bridgehead atoms. The Labute approximate surface area is 126 Å². The second kappa shape index (κ2) is 6.14. The van der Waals surface area contributed by atoms with Crippen LogP contribution >= 0.6 is 0 Å². The summed E-state index contributed by atoms with van der Waals surface area (Å²) < 4.78 is 3.79. The van der Waals surface area contributed by atoms with Gasteiger partial charge in [-0.2, -0.15) is 0 Å². The van der Waals surface area contributed by atoms with Crippen molar-refractivity contribution in [1.29, 1.82) is 0 Å². The average molecular weight is 308 g/mol. The summed E-state index contributed by atoms with van der Waals surface area (Å²) in [5.41, 5.74) is -0.375. The summed E-state index contributed by atoms with van der Waals surface area (Å²) in [6, 6.07) is 0. The second-order valence-corrected chi connectivity index (χ2v) is 5.17. The number of rotatable bonds is 5. The van der Waals surface area contributed by atoms with Crippen LogP contribution in [0.4, 0.5) is 0 Å². The summed E-state index contributed by atoms with van der Waals surface area (Å²) in [6.07, 6.45) is 1.41. The van der Waals surface area contributed by atoms with Gasteiger partial charge in [0.05, 0.1) is 6.33 Å². The Balaban J connectivity index is 2.40. The normalized spacial score (nSPS) is 11.1. The molecule has 22 heavy (non-hydrogen) atoms. The van der Waals surface area contributed by atoms with E-state index in [4.69, 9.17) is 0 Å². The molecule has 0 aliphatic rings. The van der Waals surface area contributed by atoms with Gasteiger partial charge in [-0.3, -0.25) is 18.7 Å². The van der Waals surface area contributed by atoms with Gasteiger partial charge >= 0.3 is 5.69 Å². The average Bonchev–Trinajstić information content (AvgIpc) is 2.92. The fraction of sp³-hybridized carbons (Fsp3) is 0.538. The maximum absolute atomic E-state index is 12.3. The van der Waals surface area contributed by atoms with Crippen molar-refractivity contribution in [2.24, 2.45) is 14.1 Å². The van der Waals surface area contributed by atoms with Gasteiger partial charge in [0.2, 0.25) is 5.91 Å². The van der Waals surface area contributed by atoms with Crippen LogP contribution in [0.3, 0.4) is 0 Å². The van der Waals surface area contributed by atoms with Crippen LogP contribution in [-0.4, -0.2) is 56.7 Å². The molecule has 0 saturated carbocycles. The van der Waals surface area contributed by atoms with E-state index in [1.165, 1.54) is 22.5 Å². The smallest absolute Gasteiger partial charge is 0.332 e. The number of hydrogen-bond acceptors (Lipinski definition) is 5. The monoisotopic (exact) mass is 308 g/mol. The van der Waals surface area contributed by atoms with Crippen LogP contribution in [0.1, 0.15) is 0 Å². The van der Waals surface area contributed by atoms with Gasteiger partial charge < -0.3 is 14.8 Å². The molecule has 0 aromatic carbocycles. The van der Waals surface area contributed by atoms with Crippen molar-refractivity contribution in [1.82, 2.24) is 28.9 Å². The molecule has 2 aromatic heterocycles. The lowest BCUT2D eigenvalue weighted by molar-refractivity contribution is -0.130. The highest BCUT2D eigenvalue weighted by molar-refractivity contribution is 5.78. The van der Waals surface area contributed by atoms with Crippen LogP contribution in [-0.2, 0) is 25.4 Å². The summed E-state index contributed by atoms with van der Waals surface area (Å²) in [7, 11) is 6.46. The highest BCUT2D eigenvalue weighted by atomic mass is 16.2. The van der Waals surface area contributed by atoms with Gasteiger partial charge in [-0.1, -0.05) is 0 Å². The molecule has 0 unspecified atom stereocenters. The fourth-order valence-corrected chi connectivity index (χ4v) is 2.19. The van der Waals surface area contributed by atoms with Crippen molar-refractivity contribution in [2.45, 2.75) is 6.54 Å². The van der Waals surface area contributed by atoms with Gasteiger partial charge in [0.1, 0.15) is 6.54 Å². The predicted molar refractivity (Wildman–Crippen MR) is 81.8 cm³/mol. The van der Waals surface area contributed by atoms with Crippen molar-refractivity contribution < 1.29 is 4.79 Å². The van der Waals surface area contributed by atoms with Gasteiger partial charge in [0.15, 0.2) is 11.2 Å². The molecule has 2 heterocycles. The molecule has 0 aliphatic carbocycles. The van der Waals surface area contributed by atoms with E-state index < -0.39 is 11.2 Å². The summed E-state index contributed by atoms with van der Waals surface area (Å²) in [5.74, 6) is -0.134. The minimum Gasteiger partial charge on any atom is -0.343 e. The SMILES string of the molecule is CNCCN(C)C(=O)Cn1cnc2c1c(=O)n(C)c(=O)n2C. The van der Waals surface area contributed by atoms with E-state index in [1.807, 2.05) is 7.05 Å². The van der Waals surface area contributed by atoms with Gasteiger partial charge in [-0.15, -0.1) is 0 Å². The van der Waals surface area contributed by atoms with Crippen molar-refractivity contribution >= 4 is 17.1 Å². The largest absolute Gasteiger partial charge is 0.343 e. The number of likely N-dealkylation sites (N-methyl/N-ethyl adjacent to an activating group) is 2. The summed E-state index contributed by atoms with van der Waals surface area (Å²) in [5, 5.41) is 2.97. The first-order chi connectivity index (χ1) is 10.4. The highest BCUT2D eigenvalue weighted by Crippen LogP contribution is 2.05. The number of amides is 1. The fourth-order valence-electron chi connectivity index (χ4n) is 2.19. The molecule has 0 aliphatic heterocycles. The number of imidazole rings is 1. The number of nitrogens with one attached hydrogen (secondary N) is 1. The zero-order valence-corrected chi connectivity index (χ0v) is 13.2. The Bertz CT molecular complexity index is 816. The van der Waals surface area contributed by atoms with Crippen molar-refractivity contribution in [3.8, 4) is 0 Å². The molecular weight excluding hydrogens is 288 g/mol. The van der Waals surface area contributed by atoms with Gasteiger partial charge in [0.25, 0.3) is 5.56 Å². The molecule has 120 valence electrons. The topological polar surface area (TPSA) is 94.2 Å². The Hall–Kier alpha value is -2.42. The first kappa shape index (κ1) is 16.0. The Morgan fingerprint density at radius 2 is 2.00 bits per heavy atom. The van der Waals surface area contributed by atoms with Crippen molar-refractivity contribution in [3.63, 3.8) is 0 Å². The number of carbonyl (C=O) groups excluding carboxylic acids is 1. The van der Waals surface area contributed by atoms with Crippen LogP contribution in [0, 0.1) is 0 Å². The lowest BCUT2D eigenvalue weighted by Crippen LogP contribution is -2.38. The van der Waals surface area contributed by atoms with Crippen molar-refractivity contribution in [2.75, 3.05) is 27.2 Å². The third-order valence-electron chi connectivity index (χ3n) is 3.65. The Morgan fingerprint density at radius 1 is 1.32 bits per heavy atom. The van der Waals surface area contributed by atoms with Crippen LogP contribution in [0.25, 0.3) is 11.2 Å². The second-order valence-electron chi connectivity index (χ2n) is 5.17. The molecule has 0 fully saturated rings. The summed E-state index contributed by atoms with van der Waals surface area (Å²) in [6.45, 7) is 1.26. The molecular formula is C13H20N6O3. The molecule has 9 nitrogen and oxygen atoms in total. The van der Waals surface area contributed by atoms with Gasteiger partial charge in [0, 0.05) is 34.2 Å². The lowest BCUT2D eigenvalue weighted by atomic mass is 10.4. The van der Waals surface area contributed by atoms with E-state index in [2.05, 4.69) is 10.3 Å². The molecule has 2 rings (SSSR count).